The number of fused-ring (bicyclic) bond motifs is 2. The summed E-state index contributed by atoms with van der Waals surface area (Å²) in [5.41, 5.74) is -1.89. The van der Waals surface area contributed by atoms with Crippen LogP contribution in [-0.4, -0.2) is 95.6 Å². The van der Waals surface area contributed by atoms with Gasteiger partial charge in [-0.3, -0.25) is 0 Å². The van der Waals surface area contributed by atoms with Crippen molar-refractivity contribution in [3.05, 3.63) is 118 Å². The number of benzene rings is 6. The van der Waals surface area contributed by atoms with Crippen molar-refractivity contribution in [2.45, 2.75) is 36.8 Å². The van der Waals surface area contributed by atoms with Gasteiger partial charge in [0.15, 0.2) is 70.1 Å². The molecule has 6 aromatic rings. The monoisotopic (exact) mass is 882 g/mol. The van der Waals surface area contributed by atoms with E-state index in [1.54, 1.807) is 0 Å². The molecule has 0 spiro atoms. The van der Waals surface area contributed by atoms with Crippen molar-refractivity contribution >= 4 is 11.9 Å². The van der Waals surface area contributed by atoms with Crippen molar-refractivity contribution in [2.75, 3.05) is 0 Å². The number of esters is 2. The van der Waals surface area contributed by atoms with E-state index in [1.165, 1.54) is 24.3 Å². The molecule has 20 heteroatoms. The van der Waals surface area contributed by atoms with Gasteiger partial charge in [-0.15, -0.1) is 0 Å². The number of phenolic OH excluding ortho intramolecular Hbond substituents is 14. The molecule has 0 aliphatic carbocycles. The number of phenols is 14. The summed E-state index contributed by atoms with van der Waals surface area (Å²) in [6, 6.07) is 13.3. The van der Waals surface area contributed by atoms with Crippen LogP contribution in [0.2, 0.25) is 0 Å². The Morgan fingerprint density at radius 3 is 1.48 bits per heavy atom. The lowest BCUT2D eigenvalue weighted by Crippen LogP contribution is -2.39. The highest BCUT2D eigenvalue weighted by molar-refractivity contribution is 5.92. The van der Waals surface area contributed by atoms with Crippen LogP contribution in [0, 0.1) is 0 Å². The first kappa shape index (κ1) is 41.8. The number of hydrogen-bond donors (Lipinski definition) is 14. The second-order valence-electron chi connectivity index (χ2n) is 14.8. The van der Waals surface area contributed by atoms with E-state index in [1.807, 2.05) is 0 Å². The predicted molar refractivity (Wildman–Crippen MR) is 213 cm³/mol. The smallest absolute Gasteiger partial charge is 0.338 e. The van der Waals surface area contributed by atoms with E-state index in [0.717, 1.165) is 54.6 Å². The van der Waals surface area contributed by atoms with Crippen LogP contribution in [0.5, 0.6) is 92.0 Å². The second kappa shape index (κ2) is 15.5. The summed E-state index contributed by atoms with van der Waals surface area (Å²) in [6.07, 6.45) is -6.88. The molecule has 0 radical (unpaired) electrons. The number of ether oxygens (including phenoxy) is 4. The van der Waals surface area contributed by atoms with Crippen molar-refractivity contribution < 1.29 is 100 Å². The molecule has 64 heavy (non-hydrogen) atoms. The van der Waals surface area contributed by atoms with E-state index in [0.29, 0.717) is 0 Å². The molecule has 330 valence electrons. The van der Waals surface area contributed by atoms with E-state index in [-0.39, 0.29) is 39.5 Å². The molecule has 8 rings (SSSR count). The fraction of sp³-hybridized carbons (Fsp3) is 0.136. The SMILES string of the molecule is O=C(O[C@@H]1[C@@H](c2c(O)cc3c(c2O)C[C@@H](OC(=O)c2cc(O)c(O)c(O)c2)[C@@H](c2cc(O)c(O)c(O)c2)O3)c2c(O)cc(O)cc2O[C@@H]1c1ccc(O)cc1)c1cc(O)c(O)c(O)c1. The highest BCUT2D eigenvalue weighted by Crippen LogP contribution is 2.58. The standard InChI is InChI=1S/C44H34O20/c45-19-3-1-15(2-4-19)41-42(64-44(60)18-9-28(53)39(58)29(54)10-18)35(33-22(47)11-20(46)12-31(33)62-41)34-23(48)14-30-21(36(34)55)13-32(40(61-30)16-5-24(49)37(56)25(50)6-16)63-43(59)17-7-26(51)38(57)27(52)8-17/h1-12,14,32,35,40-42,45-58H,13H2/t32-,35-,40-,41-,42-/m1/s1. The van der Waals surface area contributed by atoms with Crippen LogP contribution in [0.4, 0.5) is 0 Å². The molecule has 20 nitrogen and oxygen atoms in total. The van der Waals surface area contributed by atoms with Crippen molar-refractivity contribution in [3.8, 4) is 92.0 Å². The summed E-state index contributed by atoms with van der Waals surface area (Å²) in [6.45, 7) is 0. The van der Waals surface area contributed by atoms with Gasteiger partial charge in [0.2, 0.25) is 0 Å². The first-order valence-electron chi connectivity index (χ1n) is 18.7. The van der Waals surface area contributed by atoms with Crippen LogP contribution < -0.4 is 9.47 Å². The van der Waals surface area contributed by atoms with Crippen LogP contribution in [-0.2, 0) is 15.9 Å². The quantitative estimate of drug-likeness (QED) is 0.0744. The molecule has 6 aromatic carbocycles. The van der Waals surface area contributed by atoms with Crippen molar-refractivity contribution in [1.82, 2.24) is 0 Å². The van der Waals surface area contributed by atoms with E-state index >= 15 is 0 Å². The van der Waals surface area contributed by atoms with Crippen molar-refractivity contribution in [2.24, 2.45) is 0 Å². The van der Waals surface area contributed by atoms with Crippen LogP contribution in [0.25, 0.3) is 0 Å². The zero-order chi connectivity index (χ0) is 46.0. The summed E-state index contributed by atoms with van der Waals surface area (Å²) in [7, 11) is 0. The number of rotatable bonds is 7. The van der Waals surface area contributed by atoms with Crippen LogP contribution >= 0.6 is 0 Å². The lowest BCUT2D eigenvalue weighted by molar-refractivity contribution is -0.0276. The predicted octanol–water partition coefficient (Wildman–Crippen LogP) is 4.96. The van der Waals surface area contributed by atoms with Gasteiger partial charge in [0.05, 0.1) is 17.0 Å². The van der Waals surface area contributed by atoms with Gasteiger partial charge in [-0.1, -0.05) is 12.1 Å². The molecular formula is C44H34O20. The van der Waals surface area contributed by atoms with Crippen molar-refractivity contribution in [1.29, 1.82) is 0 Å². The minimum atomic E-state index is -1.77. The number of carbonyl (C=O) groups excluding carboxylic acids is 2. The van der Waals surface area contributed by atoms with E-state index in [2.05, 4.69) is 0 Å². The summed E-state index contributed by atoms with van der Waals surface area (Å²) in [5.74, 6) is -15.8. The first-order chi connectivity index (χ1) is 30.3. The van der Waals surface area contributed by atoms with Gasteiger partial charge in [0, 0.05) is 46.9 Å². The maximum Gasteiger partial charge on any atom is 0.338 e. The Balaban J connectivity index is 1.30. The van der Waals surface area contributed by atoms with Crippen LogP contribution in [0.15, 0.2) is 78.9 Å². The maximum absolute atomic E-state index is 13.9. The Kier molecular flexibility index (Phi) is 10.1. The van der Waals surface area contributed by atoms with Gasteiger partial charge in [-0.2, -0.15) is 0 Å². The zero-order valence-corrected chi connectivity index (χ0v) is 32.3. The lowest BCUT2D eigenvalue weighted by atomic mass is 9.77. The molecule has 0 aromatic heterocycles. The molecule has 2 heterocycles. The Morgan fingerprint density at radius 1 is 0.453 bits per heavy atom. The summed E-state index contributed by atoms with van der Waals surface area (Å²) >= 11 is 0. The van der Waals surface area contributed by atoms with Gasteiger partial charge in [0.25, 0.3) is 0 Å². The zero-order valence-electron chi connectivity index (χ0n) is 32.3. The molecule has 0 fully saturated rings. The Hall–Kier alpha value is -8.94. The summed E-state index contributed by atoms with van der Waals surface area (Å²) < 4.78 is 24.1. The highest BCUT2D eigenvalue weighted by Gasteiger charge is 2.48. The largest absolute Gasteiger partial charge is 0.508 e. The van der Waals surface area contributed by atoms with Gasteiger partial charge in [-0.05, 0) is 54.1 Å². The first-order valence-corrected chi connectivity index (χ1v) is 18.7. The normalized spacial score (nSPS) is 18.7. The molecule has 14 N–H and O–H groups in total. The van der Waals surface area contributed by atoms with Crippen LogP contribution in [0.3, 0.4) is 0 Å². The van der Waals surface area contributed by atoms with Crippen LogP contribution in [0.1, 0.15) is 66.7 Å². The average molecular weight is 883 g/mol. The molecule has 0 bridgehead atoms. The maximum atomic E-state index is 13.9. The Labute approximate surface area is 358 Å². The molecule has 0 saturated carbocycles. The lowest BCUT2D eigenvalue weighted by Gasteiger charge is -2.41. The van der Waals surface area contributed by atoms with Gasteiger partial charge >= 0.3 is 11.9 Å². The average Bonchev–Trinajstić information content (AvgIpc) is 3.23. The minimum absolute atomic E-state index is 0.117. The fourth-order valence-corrected chi connectivity index (χ4v) is 7.75. The van der Waals surface area contributed by atoms with E-state index in [9.17, 15) is 81.1 Å². The molecule has 2 aliphatic rings. The summed E-state index contributed by atoms with van der Waals surface area (Å²) in [4.78, 5) is 27.5. The Morgan fingerprint density at radius 2 is 0.938 bits per heavy atom. The number of carbonyl (C=O) groups is 2. The minimum Gasteiger partial charge on any atom is -0.508 e. The van der Waals surface area contributed by atoms with Crippen molar-refractivity contribution in [3.63, 3.8) is 0 Å². The third kappa shape index (κ3) is 7.23. The Bertz CT molecular complexity index is 2820. The third-order valence-corrected chi connectivity index (χ3v) is 10.7. The van der Waals surface area contributed by atoms with E-state index < -0.39 is 140 Å². The molecule has 0 amide bonds. The third-order valence-electron chi connectivity index (χ3n) is 10.7. The molecule has 2 aliphatic heterocycles. The van der Waals surface area contributed by atoms with Gasteiger partial charge in [0.1, 0.15) is 46.4 Å². The highest BCUT2D eigenvalue weighted by atomic mass is 16.6. The van der Waals surface area contributed by atoms with Gasteiger partial charge in [-0.25, -0.2) is 9.59 Å². The molecule has 5 atom stereocenters. The van der Waals surface area contributed by atoms with E-state index in [4.69, 9.17) is 18.9 Å². The topological polar surface area (TPSA) is 354 Å². The second-order valence-corrected chi connectivity index (χ2v) is 14.8. The molecular weight excluding hydrogens is 848 g/mol. The molecule has 0 saturated heterocycles. The fourth-order valence-electron chi connectivity index (χ4n) is 7.75. The number of hydrogen-bond acceptors (Lipinski definition) is 20. The number of aromatic hydroxyl groups is 14. The van der Waals surface area contributed by atoms with Gasteiger partial charge < -0.3 is 90.4 Å². The summed E-state index contributed by atoms with van der Waals surface area (Å²) in [5, 5.41) is 148. The molecule has 0 unspecified atom stereocenters.